The van der Waals surface area contributed by atoms with E-state index in [1.165, 1.54) is 0 Å². The molecule has 1 atom stereocenters. The highest BCUT2D eigenvalue weighted by molar-refractivity contribution is 5.27. The molecule has 0 N–H and O–H groups in total. The third kappa shape index (κ3) is 3.48. The highest BCUT2D eigenvalue weighted by Gasteiger charge is 2.13. The fourth-order valence-corrected chi connectivity index (χ4v) is 1.95. The van der Waals surface area contributed by atoms with Crippen LogP contribution in [-0.2, 0) is 4.74 Å². The summed E-state index contributed by atoms with van der Waals surface area (Å²) in [6.45, 7) is 4.52. The molecule has 0 aliphatic heterocycles. The molecule has 0 saturated carbocycles. The lowest BCUT2D eigenvalue weighted by atomic mass is 9.89. The van der Waals surface area contributed by atoms with Crippen molar-refractivity contribution in [3.8, 4) is 0 Å². The fourth-order valence-electron chi connectivity index (χ4n) is 1.95. The molecule has 2 aliphatic carbocycles. The highest BCUT2D eigenvalue weighted by Crippen LogP contribution is 2.25. The molecule has 0 aromatic carbocycles. The predicted molar refractivity (Wildman–Crippen MR) is 72.2 cm³/mol. The molecule has 1 unspecified atom stereocenters. The SMILES string of the molecule is CC(C)C1C=CC(OC2=CC=CCC=C2)=CC1. The van der Waals surface area contributed by atoms with Crippen LogP contribution >= 0.6 is 0 Å². The number of allylic oxidation sites excluding steroid dienone is 8. The second kappa shape index (κ2) is 5.72. The molecule has 0 bridgehead atoms. The first kappa shape index (κ1) is 12.0. The Morgan fingerprint density at radius 2 is 2.06 bits per heavy atom. The van der Waals surface area contributed by atoms with Gasteiger partial charge in [-0.2, -0.15) is 0 Å². The maximum Gasteiger partial charge on any atom is 0.127 e. The summed E-state index contributed by atoms with van der Waals surface area (Å²) in [4.78, 5) is 0. The van der Waals surface area contributed by atoms with Gasteiger partial charge in [-0.1, -0.05) is 38.2 Å². The second-order valence-electron chi connectivity index (χ2n) is 4.85. The number of hydrogen-bond acceptors (Lipinski definition) is 1. The maximum absolute atomic E-state index is 5.84. The zero-order chi connectivity index (χ0) is 12.1. The number of rotatable bonds is 3. The van der Waals surface area contributed by atoms with E-state index in [-0.39, 0.29) is 0 Å². The van der Waals surface area contributed by atoms with Crippen molar-refractivity contribution in [2.75, 3.05) is 0 Å². The topological polar surface area (TPSA) is 9.23 Å². The molecule has 0 radical (unpaired) electrons. The summed E-state index contributed by atoms with van der Waals surface area (Å²) >= 11 is 0. The Hall–Kier alpha value is -1.50. The first-order chi connectivity index (χ1) is 8.25. The first-order valence-electron chi connectivity index (χ1n) is 6.35. The van der Waals surface area contributed by atoms with Crippen LogP contribution in [0, 0.1) is 11.8 Å². The Balaban J connectivity index is 1.96. The van der Waals surface area contributed by atoms with Crippen molar-refractivity contribution < 1.29 is 4.74 Å². The van der Waals surface area contributed by atoms with E-state index >= 15 is 0 Å². The van der Waals surface area contributed by atoms with Gasteiger partial charge < -0.3 is 4.74 Å². The van der Waals surface area contributed by atoms with Crippen LogP contribution in [0.2, 0.25) is 0 Å². The van der Waals surface area contributed by atoms with Crippen LogP contribution in [0.5, 0.6) is 0 Å². The number of hydrogen-bond donors (Lipinski definition) is 0. The fraction of sp³-hybridized carbons (Fsp3) is 0.375. The van der Waals surface area contributed by atoms with Crippen LogP contribution in [0.3, 0.4) is 0 Å². The summed E-state index contributed by atoms with van der Waals surface area (Å²) < 4.78 is 5.84. The third-order valence-electron chi connectivity index (χ3n) is 3.14. The van der Waals surface area contributed by atoms with Crippen molar-refractivity contribution in [3.05, 3.63) is 60.1 Å². The summed E-state index contributed by atoms with van der Waals surface area (Å²) in [6, 6.07) is 0. The molecule has 0 heterocycles. The van der Waals surface area contributed by atoms with Crippen molar-refractivity contribution in [1.82, 2.24) is 0 Å². The largest absolute Gasteiger partial charge is 0.458 e. The van der Waals surface area contributed by atoms with E-state index in [2.05, 4.69) is 44.2 Å². The molecule has 1 heteroatoms. The minimum Gasteiger partial charge on any atom is -0.458 e. The molecule has 1 nitrogen and oxygen atoms in total. The van der Waals surface area contributed by atoms with Crippen LogP contribution < -0.4 is 0 Å². The van der Waals surface area contributed by atoms with E-state index in [4.69, 9.17) is 4.74 Å². The summed E-state index contributed by atoms with van der Waals surface area (Å²) in [6.07, 6.45) is 18.9. The normalized spacial score (nSPS) is 23.4. The monoisotopic (exact) mass is 228 g/mol. The lowest BCUT2D eigenvalue weighted by molar-refractivity contribution is 0.326. The van der Waals surface area contributed by atoms with Gasteiger partial charge in [0, 0.05) is 0 Å². The summed E-state index contributed by atoms with van der Waals surface area (Å²) in [5.41, 5.74) is 0. The maximum atomic E-state index is 5.84. The van der Waals surface area contributed by atoms with Crippen LogP contribution in [0.4, 0.5) is 0 Å². The third-order valence-corrected chi connectivity index (χ3v) is 3.14. The minimum absolute atomic E-state index is 0.654. The molecule has 0 spiro atoms. The lowest BCUT2D eigenvalue weighted by Gasteiger charge is -2.19. The van der Waals surface area contributed by atoms with Crippen molar-refractivity contribution in [2.24, 2.45) is 11.8 Å². The Morgan fingerprint density at radius 1 is 1.18 bits per heavy atom. The quantitative estimate of drug-likeness (QED) is 0.690. The summed E-state index contributed by atoms with van der Waals surface area (Å²) in [5.74, 6) is 3.23. The van der Waals surface area contributed by atoms with Gasteiger partial charge in [0.15, 0.2) is 0 Å². The van der Waals surface area contributed by atoms with Crippen molar-refractivity contribution in [2.45, 2.75) is 26.7 Å². The molecule has 0 aromatic heterocycles. The first-order valence-corrected chi connectivity index (χ1v) is 6.35. The predicted octanol–water partition coefficient (Wildman–Crippen LogP) is 4.52. The summed E-state index contributed by atoms with van der Waals surface area (Å²) in [5, 5.41) is 0. The molecule has 0 aromatic rings. The van der Waals surface area contributed by atoms with Gasteiger partial charge in [0.2, 0.25) is 0 Å². The lowest BCUT2D eigenvalue weighted by Crippen LogP contribution is -2.08. The Labute approximate surface area is 104 Å². The van der Waals surface area contributed by atoms with Crippen LogP contribution in [0.15, 0.2) is 60.1 Å². The van der Waals surface area contributed by atoms with Gasteiger partial charge in [-0.3, -0.25) is 0 Å². The minimum atomic E-state index is 0.654. The van der Waals surface area contributed by atoms with E-state index < -0.39 is 0 Å². The highest BCUT2D eigenvalue weighted by atomic mass is 16.5. The molecule has 2 aliphatic rings. The van der Waals surface area contributed by atoms with Crippen LogP contribution in [0.25, 0.3) is 0 Å². The second-order valence-corrected chi connectivity index (χ2v) is 4.85. The van der Waals surface area contributed by atoms with E-state index in [1.807, 2.05) is 18.2 Å². The molecule has 90 valence electrons. The van der Waals surface area contributed by atoms with Crippen molar-refractivity contribution in [3.63, 3.8) is 0 Å². The van der Waals surface area contributed by atoms with Gasteiger partial charge >= 0.3 is 0 Å². The molecule has 0 amide bonds. The molecule has 2 rings (SSSR count). The molecular formula is C16H20O. The Bertz CT molecular complexity index is 405. The van der Waals surface area contributed by atoms with E-state index in [1.54, 1.807) is 0 Å². The van der Waals surface area contributed by atoms with E-state index in [9.17, 15) is 0 Å². The molecule has 0 saturated heterocycles. The van der Waals surface area contributed by atoms with Crippen molar-refractivity contribution in [1.29, 1.82) is 0 Å². The molecular weight excluding hydrogens is 208 g/mol. The standard InChI is InChI=1S/C16H20O/c1-13(2)14-9-11-16(12-10-14)17-15-7-5-3-4-6-8-15/h3,5-9,11-14H,4,10H2,1-2H3. The Kier molecular flexibility index (Phi) is 4.03. The van der Waals surface area contributed by atoms with Crippen molar-refractivity contribution >= 4 is 0 Å². The van der Waals surface area contributed by atoms with Gasteiger partial charge in [-0.25, -0.2) is 0 Å². The molecule has 17 heavy (non-hydrogen) atoms. The average Bonchev–Trinajstić information content (AvgIpc) is 2.58. The Morgan fingerprint density at radius 3 is 2.76 bits per heavy atom. The van der Waals surface area contributed by atoms with Gasteiger partial charge in [0.25, 0.3) is 0 Å². The van der Waals surface area contributed by atoms with E-state index in [0.717, 1.165) is 24.4 Å². The summed E-state index contributed by atoms with van der Waals surface area (Å²) in [7, 11) is 0. The van der Waals surface area contributed by atoms with Crippen LogP contribution in [-0.4, -0.2) is 0 Å². The van der Waals surface area contributed by atoms with Gasteiger partial charge in [-0.15, -0.1) is 0 Å². The molecule has 0 fully saturated rings. The zero-order valence-electron chi connectivity index (χ0n) is 10.6. The van der Waals surface area contributed by atoms with Gasteiger partial charge in [0.1, 0.15) is 11.5 Å². The van der Waals surface area contributed by atoms with Crippen LogP contribution in [0.1, 0.15) is 26.7 Å². The average molecular weight is 228 g/mol. The smallest absolute Gasteiger partial charge is 0.127 e. The number of ether oxygens (including phenoxy) is 1. The van der Waals surface area contributed by atoms with Gasteiger partial charge in [-0.05, 0) is 49.0 Å². The zero-order valence-corrected chi connectivity index (χ0v) is 10.6. The van der Waals surface area contributed by atoms with E-state index in [0.29, 0.717) is 11.8 Å². The van der Waals surface area contributed by atoms with Gasteiger partial charge in [0.05, 0.1) is 0 Å².